The molecular weight excluding hydrogens is 526 g/mol. The fourth-order valence-corrected chi connectivity index (χ4v) is 7.62. The molecule has 0 aromatic heterocycles. The van der Waals surface area contributed by atoms with Crippen LogP contribution in [0.3, 0.4) is 0 Å². The Balaban J connectivity index is 1.62. The number of ether oxygens (including phenoxy) is 2. The summed E-state index contributed by atoms with van der Waals surface area (Å²) in [6.45, 7) is 6.09. The van der Waals surface area contributed by atoms with Gasteiger partial charge in [-0.05, 0) is 49.8 Å². The number of hydrogen-bond acceptors (Lipinski definition) is 8. The summed E-state index contributed by atoms with van der Waals surface area (Å²) >= 11 is 0. The van der Waals surface area contributed by atoms with E-state index >= 15 is 0 Å². The van der Waals surface area contributed by atoms with Gasteiger partial charge in [-0.3, -0.25) is 14.5 Å². The SMILES string of the molecule is CCCCN(CCCO)C(=O)CN1C[C@H](c2cc(C)c3c(c2)OCO3)[C@@H](C(=O)O)[C@@H]1CCN1CCCS1(=O)=O. The average Bonchev–Trinajstić information content (AvgIpc) is 3.59. The van der Waals surface area contributed by atoms with Gasteiger partial charge in [0.25, 0.3) is 0 Å². The molecule has 3 atom stereocenters. The maximum absolute atomic E-state index is 13.5. The summed E-state index contributed by atoms with van der Waals surface area (Å²) < 4.78 is 37.5. The Hall–Kier alpha value is -2.41. The summed E-state index contributed by atoms with van der Waals surface area (Å²) in [6.07, 6.45) is 3.11. The van der Waals surface area contributed by atoms with Crippen molar-refractivity contribution in [2.45, 2.75) is 57.9 Å². The molecule has 2 saturated heterocycles. The van der Waals surface area contributed by atoms with Gasteiger partial charge < -0.3 is 24.6 Å². The third-order valence-electron chi connectivity index (χ3n) is 8.08. The smallest absolute Gasteiger partial charge is 0.308 e. The second-order valence-corrected chi connectivity index (χ2v) is 12.8. The molecule has 39 heavy (non-hydrogen) atoms. The molecule has 0 aliphatic carbocycles. The molecule has 12 heteroatoms. The van der Waals surface area contributed by atoms with Crippen LogP contribution in [0.4, 0.5) is 0 Å². The van der Waals surface area contributed by atoms with E-state index in [1.165, 1.54) is 4.31 Å². The summed E-state index contributed by atoms with van der Waals surface area (Å²) in [5.74, 6) is -0.974. The number of carboxylic acids is 1. The standard InChI is InChI=1S/C27H41N3O8S/c1-3-4-8-28(9-5-12-31)24(32)17-29-16-21(20-14-19(2)26-23(15-20)37-18-38-26)25(27(33)34)22(29)7-11-30-10-6-13-39(30,35)36/h14-15,21-22,25,31H,3-13,16-18H2,1-2H3,(H,33,34)/t21-,22+,25-/m1/s1. The maximum atomic E-state index is 13.5. The molecule has 218 valence electrons. The number of aliphatic hydroxyl groups is 1. The van der Waals surface area contributed by atoms with Crippen molar-refractivity contribution in [2.24, 2.45) is 5.92 Å². The van der Waals surface area contributed by atoms with E-state index in [2.05, 4.69) is 0 Å². The van der Waals surface area contributed by atoms with E-state index < -0.39 is 33.9 Å². The molecule has 0 unspecified atom stereocenters. The number of aliphatic hydroxyl groups excluding tert-OH is 1. The molecule has 1 aromatic carbocycles. The fraction of sp³-hybridized carbons (Fsp3) is 0.704. The summed E-state index contributed by atoms with van der Waals surface area (Å²) in [7, 11) is -3.33. The zero-order chi connectivity index (χ0) is 28.2. The Kier molecular flexibility index (Phi) is 9.73. The van der Waals surface area contributed by atoms with Crippen molar-refractivity contribution in [2.75, 3.05) is 58.4 Å². The molecule has 0 saturated carbocycles. The lowest BCUT2D eigenvalue weighted by molar-refractivity contribution is -0.144. The van der Waals surface area contributed by atoms with Gasteiger partial charge >= 0.3 is 5.97 Å². The Morgan fingerprint density at radius 1 is 1.18 bits per heavy atom. The first kappa shape index (κ1) is 29.6. The Morgan fingerprint density at radius 3 is 2.62 bits per heavy atom. The molecule has 11 nitrogen and oxygen atoms in total. The van der Waals surface area contributed by atoms with Crippen LogP contribution in [-0.4, -0.2) is 109 Å². The molecule has 0 radical (unpaired) electrons. The number of benzene rings is 1. The molecular formula is C27H41N3O8S. The first-order valence-corrected chi connectivity index (χ1v) is 15.5. The Morgan fingerprint density at radius 2 is 1.95 bits per heavy atom. The second-order valence-electron chi connectivity index (χ2n) is 10.7. The topological polar surface area (TPSA) is 137 Å². The number of sulfonamides is 1. The minimum absolute atomic E-state index is 0.0147. The highest BCUT2D eigenvalue weighted by molar-refractivity contribution is 7.89. The minimum Gasteiger partial charge on any atom is -0.481 e. The van der Waals surface area contributed by atoms with Crippen LogP contribution in [0.1, 0.15) is 56.1 Å². The molecule has 0 spiro atoms. The number of rotatable bonds is 13. The normalized spacial score (nSPS) is 24.3. The zero-order valence-corrected chi connectivity index (χ0v) is 23.7. The lowest BCUT2D eigenvalue weighted by Crippen LogP contribution is -2.46. The highest BCUT2D eigenvalue weighted by Crippen LogP contribution is 2.44. The van der Waals surface area contributed by atoms with Gasteiger partial charge in [0.1, 0.15) is 0 Å². The zero-order valence-electron chi connectivity index (χ0n) is 22.9. The first-order valence-electron chi connectivity index (χ1n) is 13.9. The van der Waals surface area contributed by atoms with E-state index in [0.29, 0.717) is 56.9 Å². The van der Waals surface area contributed by atoms with Crippen LogP contribution in [0.15, 0.2) is 12.1 Å². The summed E-state index contributed by atoms with van der Waals surface area (Å²) in [5.41, 5.74) is 1.66. The number of likely N-dealkylation sites (tertiary alicyclic amines) is 1. The molecule has 3 heterocycles. The lowest BCUT2D eigenvalue weighted by atomic mass is 9.83. The number of aryl methyl sites for hydroxylation is 1. The van der Waals surface area contributed by atoms with Crippen LogP contribution in [0.2, 0.25) is 0 Å². The van der Waals surface area contributed by atoms with Crippen LogP contribution in [0.5, 0.6) is 11.5 Å². The van der Waals surface area contributed by atoms with Crippen LogP contribution < -0.4 is 9.47 Å². The van der Waals surface area contributed by atoms with Gasteiger partial charge in [0.05, 0.1) is 18.2 Å². The predicted molar refractivity (Wildman–Crippen MR) is 144 cm³/mol. The van der Waals surface area contributed by atoms with Crippen molar-refractivity contribution in [1.29, 1.82) is 0 Å². The van der Waals surface area contributed by atoms with E-state index in [4.69, 9.17) is 9.47 Å². The van der Waals surface area contributed by atoms with Gasteiger partial charge in [-0.25, -0.2) is 12.7 Å². The number of nitrogens with zero attached hydrogens (tertiary/aromatic N) is 3. The van der Waals surface area contributed by atoms with Crippen molar-refractivity contribution in [1.82, 2.24) is 14.1 Å². The van der Waals surface area contributed by atoms with E-state index in [1.807, 2.05) is 30.9 Å². The number of unbranched alkanes of at least 4 members (excludes halogenated alkanes) is 1. The quantitative estimate of drug-likeness (QED) is 0.364. The summed E-state index contributed by atoms with van der Waals surface area (Å²) in [5, 5.41) is 19.8. The van der Waals surface area contributed by atoms with E-state index in [9.17, 15) is 28.2 Å². The molecule has 3 aliphatic rings. The molecule has 2 N–H and O–H groups in total. The lowest BCUT2D eigenvalue weighted by Gasteiger charge is -2.30. The number of fused-ring (bicyclic) bond motifs is 1. The third-order valence-corrected chi connectivity index (χ3v) is 10.0. The van der Waals surface area contributed by atoms with Crippen molar-refractivity contribution >= 4 is 21.9 Å². The fourth-order valence-electron chi connectivity index (χ4n) is 6.08. The summed E-state index contributed by atoms with van der Waals surface area (Å²) in [6, 6.07) is 3.23. The first-order chi connectivity index (χ1) is 18.7. The highest BCUT2D eigenvalue weighted by atomic mass is 32.2. The number of amides is 1. The van der Waals surface area contributed by atoms with Crippen molar-refractivity contribution in [3.8, 4) is 11.5 Å². The van der Waals surface area contributed by atoms with E-state index in [0.717, 1.165) is 24.0 Å². The largest absolute Gasteiger partial charge is 0.481 e. The van der Waals surface area contributed by atoms with Gasteiger partial charge in [-0.2, -0.15) is 0 Å². The monoisotopic (exact) mass is 567 g/mol. The minimum atomic E-state index is -3.33. The van der Waals surface area contributed by atoms with E-state index in [1.54, 1.807) is 4.90 Å². The van der Waals surface area contributed by atoms with Gasteiger partial charge in [0.15, 0.2) is 11.5 Å². The van der Waals surface area contributed by atoms with Crippen molar-refractivity contribution in [3.05, 3.63) is 23.3 Å². The molecule has 4 rings (SSSR count). The predicted octanol–water partition coefficient (Wildman–Crippen LogP) is 1.63. The van der Waals surface area contributed by atoms with Gasteiger partial charge in [-0.15, -0.1) is 0 Å². The number of aliphatic carboxylic acids is 1. The van der Waals surface area contributed by atoms with Crippen LogP contribution in [-0.2, 0) is 19.6 Å². The molecule has 3 aliphatic heterocycles. The van der Waals surface area contributed by atoms with Gasteiger partial charge in [-0.1, -0.05) is 19.4 Å². The number of carbonyl (C=O) groups excluding carboxylic acids is 1. The molecule has 0 bridgehead atoms. The number of carboxylic acid groups (broad SMARTS) is 1. The van der Waals surface area contributed by atoms with Crippen LogP contribution >= 0.6 is 0 Å². The average molecular weight is 568 g/mol. The van der Waals surface area contributed by atoms with Gasteiger partial charge in [0, 0.05) is 51.3 Å². The molecule has 1 amide bonds. The van der Waals surface area contributed by atoms with Gasteiger partial charge in [0.2, 0.25) is 22.7 Å². The Bertz CT molecular complexity index is 1140. The second kappa shape index (κ2) is 12.8. The highest BCUT2D eigenvalue weighted by Gasteiger charge is 2.48. The molecule has 1 aromatic rings. The number of carbonyl (C=O) groups is 2. The maximum Gasteiger partial charge on any atom is 0.308 e. The van der Waals surface area contributed by atoms with Crippen molar-refractivity contribution < 1.29 is 37.7 Å². The van der Waals surface area contributed by atoms with Crippen molar-refractivity contribution in [3.63, 3.8) is 0 Å². The van der Waals surface area contributed by atoms with Crippen LogP contribution in [0, 0.1) is 12.8 Å². The summed E-state index contributed by atoms with van der Waals surface area (Å²) in [4.78, 5) is 29.9. The van der Waals surface area contributed by atoms with Crippen LogP contribution in [0.25, 0.3) is 0 Å². The van der Waals surface area contributed by atoms with E-state index in [-0.39, 0.29) is 38.1 Å². The third kappa shape index (κ3) is 6.67. The molecule has 2 fully saturated rings. The number of hydrogen-bond donors (Lipinski definition) is 2. The Labute approximate surface area is 230 Å².